The van der Waals surface area contributed by atoms with E-state index >= 15 is 0 Å². The number of carbonyl (C=O) groups excluding carboxylic acids is 3. The van der Waals surface area contributed by atoms with Gasteiger partial charge in [-0.25, -0.2) is 0 Å². The lowest BCUT2D eigenvalue weighted by atomic mass is 9.75. The second-order valence-electron chi connectivity index (χ2n) is 7.78. The Morgan fingerprint density at radius 1 is 0.931 bits per heavy atom. The van der Waals surface area contributed by atoms with Crippen LogP contribution in [0.15, 0.2) is 54.6 Å². The van der Waals surface area contributed by atoms with Gasteiger partial charge in [0.25, 0.3) is 5.91 Å². The summed E-state index contributed by atoms with van der Waals surface area (Å²) in [5.74, 6) is -1.32. The van der Waals surface area contributed by atoms with E-state index in [2.05, 4.69) is 5.32 Å². The zero-order chi connectivity index (χ0) is 20.4. The molecule has 2 saturated carbocycles. The molecule has 2 bridgehead atoms. The third-order valence-electron chi connectivity index (χ3n) is 6.02. The molecule has 0 heterocycles. The van der Waals surface area contributed by atoms with Crippen LogP contribution >= 0.6 is 11.6 Å². The van der Waals surface area contributed by atoms with Crippen LogP contribution < -0.4 is 5.32 Å². The minimum atomic E-state index is -0.468. The molecule has 29 heavy (non-hydrogen) atoms. The number of halogens is 1. The second-order valence-corrected chi connectivity index (χ2v) is 8.21. The normalized spacial score (nSPS) is 24.9. The Morgan fingerprint density at radius 3 is 2.28 bits per heavy atom. The number of rotatable bonds is 6. The molecule has 2 aliphatic carbocycles. The predicted molar refractivity (Wildman–Crippen MR) is 110 cm³/mol. The lowest BCUT2D eigenvalue weighted by Crippen LogP contribution is -2.37. The quantitative estimate of drug-likeness (QED) is 0.566. The van der Waals surface area contributed by atoms with Gasteiger partial charge in [-0.05, 0) is 55.4 Å². The van der Waals surface area contributed by atoms with Gasteiger partial charge in [0.2, 0.25) is 0 Å². The largest absolute Gasteiger partial charge is 0.455 e. The van der Waals surface area contributed by atoms with Gasteiger partial charge in [0.1, 0.15) is 0 Å². The number of fused-ring (bicyclic) bond motifs is 2. The minimum absolute atomic E-state index is 0.00497. The maximum absolute atomic E-state index is 13.1. The van der Waals surface area contributed by atoms with Crippen LogP contribution in [0.4, 0.5) is 5.69 Å². The maximum Gasteiger partial charge on any atom is 0.310 e. The van der Waals surface area contributed by atoms with E-state index in [4.69, 9.17) is 16.3 Å². The van der Waals surface area contributed by atoms with E-state index in [9.17, 15) is 14.4 Å². The van der Waals surface area contributed by atoms with E-state index in [1.54, 1.807) is 36.4 Å². The molecule has 0 spiro atoms. The van der Waals surface area contributed by atoms with Crippen LogP contribution in [0.25, 0.3) is 0 Å². The number of Topliss-reactive ketones (excluding diaryl/α,β-unsaturated/α-hetero) is 1. The molecular weight excluding hydrogens is 390 g/mol. The van der Waals surface area contributed by atoms with Crippen LogP contribution in [0.3, 0.4) is 0 Å². The molecular formula is C23H22ClNO4. The van der Waals surface area contributed by atoms with E-state index in [1.165, 1.54) is 0 Å². The third kappa shape index (κ3) is 4.20. The maximum atomic E-state index is 13.1. The molecule has 0 aromatic heterocycles. The summed E-state index contributed by atoms with van der Waals surface area (Å²) >= 11 is 5.83. The van der Waals surface area contributed by atoms with Crippen molar-refractivity contribution in [1.82, 2.24) is 0 Å². The van der Waals surface area contributed by atoms with Crippen molar-refractivity contribution >= 4 is 34.9 Å². The number of carbonyl (C=O) groups is 3. The summed E-state index contributed by atoms with van der Waals surface area (Å²) < 4.78 is 5.32. The van der Waals surface area contributed by atoms with E-state index < -0.39 is 17.8 Å². The molecule has 0 radical (unpaired) electrons. The van der Waals surface area contributed by atoms with Gasteiger partial charge in [-0.15, -0.1) is 0 Å². The van der Waals surface area contributed by atoms with Crippen LogP contribution in [0.2, 0.25) is 5.02 Å². The van der Waals surface area contributed by atoms with Crippen molar-refractivity contribution in [2.24, 2.45) is 23.7 Å². The summed E-state index contributed by atoms with van der Waals surface area (Å²) in [5.41, 5.74) is 1.20. The number of hydrogen-bond acceptors (Lipinski definition) is 4. The minimum Gasteiger partial charge on any atom is -0.455 e. The molecule has 2 aliphatic rings. The van der Waals surface area contributed by atoms with Gasteiger partial charge in [0.15, 0.2) is 12.4 Å². The summed E-state index contributed by atoms with van der Waals surface area (Å²) in [6.45, 7) is -0.373. The fourth-order valence-corrected chi connectivity index (χ4v) is 4.89. The van der Waals surface area contributed by atoms with Gasteiger partial charge in [-0.3, -0.25) is 14.4 Å². The van der Waals surface area contributed by atoms with Gasteiger partial charge in [-0.2, -0.15) is 0 Å². The first-order valence-corrected chi connectivity index (χ1v) is 10.2. The smallest absolute Gasteiger partial charge is 0.310 e. The Labute approximate surface area is 174 Å². The van der Waals surface area contributed by atoms with Gasteiger partial charge in [-0.1, -0.05) is 41.9 Å². The third-order valence-corrected chi connectivity index (χ3v) is 6.28. The summed E-state index contributed by atoms with van der Waals surface area (Å²) in [7, 11) is 0. The number of hydrogen-bond donors (Lipinski definition) is 1. The number of amides is 1. The van der Waals surface area contributed by atoms with Gasteiger partial charge >= 0.3 is 5.97 Å². The molecule has 4 rings (SSSR count). The zero-order valence-electron chi connectivity index (χ0n) is 15.8. The SMILES string of the molecule is O=C(COC(=O)[C@H]1[C@H]2CC[C@@H](C2)[C@@H]1C(=O)c1ccccc1)Nc1ccc(Cl)cc1. The Bertz CT molecular complexity index is 912. The Morgan fingerprint density at radius 2 is 1.59 bits per heavy atom. The average molecular weight is 412 g/mol. The molecule has 5 nitrogen and oxygen atoms in total. The summed E-state index contributed by atoms with van der Waals surface area (Å²) in [4.78, 5) is 38.0. The predicted octanol–water partition coefficient (Wildman–Crippen LogP) is 4.37. The van der Waals surface area contributed by atoms with Crippen LogP contribution in [-0.4, -0.2) is 24.3 Å². The highest BCUT2D eigenvalue weighted by Crippen LogP contribution is 2.53. The average Bonchev–Trinajstić information content (AvgIpc) is 3.35. The molecule has 4 atom stereocenters. The number of ketones is 1. The number of anilines is 1. The van der Waals surface area contributed by atoms with Crippen molar-refractivity contribution in [2.75, 3.05) is 11.9 Å². The first-order valence-electron chi connectivity index (χ1n) is 9.84. The summed E-state index contributed by atoms with van der Waals surface area (Å²) in [5, 5.41) is 3.24. The van der Waals surface area contributed by atoms with E-state index in [0.717, 1.165) is 19.3 Å². The van der Waals surface area contributed by atoms with Gasteiger partial charge in [0, 0.05) is 22.2 Å². The van der Waals surface area contributed by atoms with Crippen LogP contribution in [0.1, 0.15) is 29.6 Å². The molecule has 150 valence electrons. The highest BCUT2D eigenvalue weighted by Gasteiger charge is 2.54. The van der Waals surface area contributed by atoms with E-state index in [-0.39, 0.29) is 30.1 Å². The zero-order valence-corrected chi connectivity index (χ0v) is 16.6. The standard InChI is InChI=1S/C23H22ClNO4/c24-17-8-10-18(11-9-17)25-19(26)13-29-23(28)21-16-7-6-15(12-16)20(21)22(27)14-4-2-1-3-5-14/h1-5,8-11,15-16,20-21H,6-7,12-13H2,(H,25,26)/t15-,16-,20-,21-/m0/s1. The van der Waals surface area contributed by atoms with Crippen molar-refractivity contribution in [3.05, 3.63) is 65.2 Å². The van der Waals surface area contributed by atoms with E-state index in [0.29, 0.717) is 16.3 Å². The fourth-order valence-electron chi connectivity index (χ4n) is 4.77. The Balaban J connectivity index is 1.39. The molecule has 1 amide bonds. The second kappa shape index (κ2) is 8.37. The molecule has 2 aromatic rings. The molecule has 0 unspecified atom stereocenters. The van der Waals surface area contributed by atoms with Crippen LogP contribution in [0.5, 0.6) is 0 Å². The topological polar surface area (TPSA) is 72.5 Å². The van der Waals surface area contributed by atoms with Crippen molar-refractivity contribution < 1.29 is 19.1 Å². The molecule has 2 fully saturated rings. The van der Waals surface area contributed by atoms with Crippen LogP contribution in [0, 0.1) is 23.7 Å². The molecule has 6 heteroatoms. The molecule has 2 aromatic carbocycles. The van der Waals surface area contributed by atoms with Crippen molar-refractivity contribution in [2.45, 2.75) is 19.3 Å². The molecule has 0 aliphatic heterocycles. The highest BCUT2D eigenvalue weighted by atomic mass is 35.5. The number of nitrogens with one attached hydrogen (secondary N) is 1. The van der Waals surface area contributed by atoms with Gasteiger partial charge in [0.05, 0.1) is 5.92 Å². The summed E-state index contributed by atoms with van der Waals surface area (Å²) in [6, 6.07) is 15.8. The van der Waals surface area contributed by atoms with Crippen LogP contribution in [-0.2, 0) is 14.3 Å². The lowest BCUT2D eigenvalue weighted by molar-refractivity contribution is -0.154. The number of esters is 1. The van der Waals surface area contributed by atoms with Gasteiger partial charge < -0.3 is 10.1 Å². The highest BCUT2D eigenvalue weighted by molar-refractivity contribution is 6.30. The summed E-state index contributed by atoms with van der Waals surface area (Å²) in [6.07, 6.45) is 2.77. The van der Waals surface area contributed by atoms with Crippen molar-refractivity contribution in [3.63, 3.8) is 0 Å². The Kier molecular flexibility index (Phi) is 5.67. The lowest BCUT2D eigenvalue weighted by Gasteiger charge is -2.28. The Hall–Kier alpha value is -2.66. The van der Waals surface area contributed by atoms with Crippen molar-refractivity contribution in [1.29, 1.82) is 0 Å². The first kappa shape index (κ1) is 19.6. The molecule has 1 N–H and O–H groups in total. The molecule has 0 saturated heterocycles. The number of ether oxygens (including phenoxy) is 1. The first-order chi connectivity index (χ1) is 14.0. The van der Waals surface area contributed by atoms with E-state index in [1.807, 2.05) is 18.2 Å². The van der Waals surface area contributed by atoms with Crippen molar-refractivity contribution in [3.8, 4) is 0 Å². The monoisotopic (exact) mass is 411 g/mol. The fraction of sp³-hybridized carbons (Fsp3) is 0.348. The number of benzene rings is 2.